The van der Waals surface area contributed by atoms with Gasteiger partial charge in [0, 0.05) is 12.6 Å². The quantitative estimate of drug-likeness (QED) is 0.534. The first-order chi connectivity index (χ1) is 12.9. The van der Waals surface area contributed by atoms with Crippen molar-refractivity contribution >= 4 is 11.3 Å². The molecule has 5 heteroatoms. The van der Waals surface area contributed by atoms with Gasteiger partial charge in [0.05, 0.1) is 11.6 Å². The molecule has 2 atom stereocenters. The van der Waals surface area contributed by atoms with E-state index in [0.29, 0.717) is 0 Å². The van der Waals surface area contributed by atoms with Crippen LogP contribution in [0.15, 0.2) is 53.2 Å². The molecule has 142 valence electrons. The average molecular weight is 389 g/mol. The molecule has 1 aliphatic heterocycles. The Kier molecular flexibility index (Phi) is 6.08. The minimum absolute atomic E-state index is 0.0605. The highest BCUT2D eigenvalue weighted by atomic mass is 32.1. The van der Waals surface area contributed by atoms with Gasteiger partial charge in [0.1, 0.15) is 0 Å². The number of allylic oxidation sites excluding steroid dienone is 1. The van der Waals surface area contributed by atoms with Crippen molar-refractivity contribution in [3.05, 3.63) is 69.9 Å². The van der Waals surface area contributed by atoms with Crippen molar-refractivity contribution in [1.29, 1.82) is 0 Å². The van der Waals surface area contributed by atoms with E-state index in [-0.39, 0.29) is 12.1 Å². The molecular weight excluding hydrogens is 367 g/mol. The van der Waals surface area contributed by atoms with E-state index >= 15 is 0 Å². The van der Waals surface area contributed by atoms with Gasteiger partial charge < -0.3 is 0 Å². The van der Waals surface area contributed by atoms with Gasteiger partial charge in [-0.25, -0.2) is 0 Å². The number of rotatable bonds is 3. The largest absolute Gasteiger partial charge is 0.416 e. The molecule has 0 aliphatic carbocycles. The molecule has 27 heavy (non-hydrogen) atoms. The zero-order valence-electron chi connectivity index (χ0n) is 15.2. The molecule has 1 aliphatic rings. The molecule has 0 N–H and O–H groups in total. The van der Waals surface area contributed by atoms with Crippen molar-refractivity contribution in [2.45, 2.75) is 44.4 Å². The van der Waals surface area contributed by atoms with Crippen LogP contribution in [0.5, 0.6) is 0 Å². The fraction of sp³-hybridized carbons (Fsp3) is 0.364. The van der Waals surface area contributed by atoms with Crippen molar-refractivity contribution in [1.82, 2.24) is 4.90 Å². The van der Waals surface area contributed by atoms with Crippen LogP contribution in [0.4, 0.5) is 13.2 Å². The van der Waals surface area contributed by atoms with Crippen LogP contribution in [-0.4, -0.2) is 11.4 Å². The fourth-order valence-corrected chi connectivity index (χ4v) is 4.17. The van der Waals surface area contributed by atoms with Gasteiger partial charge in [0.15, 0.2) is 0 Å². The molecule has 2 aromatic rings. The summed E-state index contributed by atoms with van der Waals surface area (Å²) in [6.45, 7) is 6.62. The molecule has 0 saturated carbocycles. The number of alkyl halides is 3. The summed E-state index contributed by atoms with van der Waals surface area (Å²) in [5.41, 5.74) is 2.25. The van der Waals surface area contributed by atoms with Crippen molar-refractivity contribution in [3.63, 3.8) is 0 Å². The lowest BCUT2D eigenvalue weighted by Gasteiger charge is -2.39. The van der Waals surface area contributed by atoms with E-state index in [1.54, 1.807) is 23.5 Å². The number of hydrogen-bond acceptors (Lipinski definition) is 2. The van der Waals surface area contributed by atoms with E-state index < -0.39 is 11.7 Å². The highest BCUT2D eigenvalue weighted by Gasteiger charge is 2.33. The minimum Gasteiger partial charge on any atom is -0.279 e. The third kappa shape index (κ3) is 4.82. The zero-order chi connectivity index (χ0) is 19.4. The number of benzene rings is 1. The molecular formula is C22H22F3NS. The molecule has 1 aromatic carbocycles. The van der Waals surface area contributed by atoms with Crippen LogP contribution in [-0.2, 0) is 6.18 Å². The minimum atomic E-state index is -4.31. The van der Waals surface area contributed by atoms with Gasteiger partial charge in [-0.05, 0) is 65.4 Å². The maximum Gasteiger partial charge on any atom is 0.416 e. The van der Waals surface area contributed by atoms with E-state index in [1.807, 2.05) is 12.3 Å². The Hall–Kier alpha value is -2.03. The van der Waals surface area contributed by atoms with Gasteiger partial charge in [0.2, 0.25) is 0 Å². The highest BCUT2D eigenvalue weighted by Crippen LogP contribution is 2.39. The Bertz CT molecular complexity index is 825. The smallest absolute Gasteiger partial charge is 0.279 e. The van der Waals surface area contributed by atoms with E-state index in [4.69, 9.17) is 0 Å². The van der Waals surface area contributed by atoms with Crippen LogP contribution in [0.3, 0.4) is 0 Å². The summed E-state index contributed by atoms with van der Waals surface area (Å²) in [5, 5.41) is 4.12. The van der Waals surface area contributed by atoms with Crippen LogP contribution in [0, 0.1) is 11.8 Å². The van der Waals surface area contributed by atoms with Gasteiger partial charge in [-0.1, -0.05) is 37.0 Å². The number of hydrogen-bond donors (Lipinski definition) is 0. The van der Waals surface area contributed by atoms with Crippen LogP contribution in [0.2, 0.25) is 0 Å². The lowest BCUT2D eigenvalue weighted by Crippen LogP contribution is -2.36. The second-order valence-electron chi connectivity index (χ2n) is 6.88. The molecule has 0 unspecified atom stereocenters. The molecule has 1 nitrogen and oxygen atoms in total. The average Bonchev–Trinajstić information content (AvgIpc) is 3.16. The van der Waals surface area contributed by atoms with E-state index in [2.05, 4.69) is 34.8 Å². The maximum absolute atomic E-state index is 12.9. The molecule has 2 heterocycles. The summed E-state index contributed by atoms with van der Waals surface area (Å²) in [7, 11) is 0. The number of nitrogens with zero attached hydrogens (tertiary/aromatic N) is 1. The normalized spacial score (nSPS) is 19.2. The number of piperidine rings is 1. The van der Waals surface area contributed by atoms with Crippen molar-refractivity contribution < 1.29 is 13.2 Å². The third-order valence-corrected chi connectivity index (χ3v) is 5.48. The van der Waals surface area contributed by atoms with Gasteiger partial charge in [-0.2, -0.15) is 24.5 Å². The Labute approximate surface area is 162 Å². The molecule has 0 bridgehead atoms. The second kappa shape index (κ2) is 8.33. The first-order valence-corrected chi connectivity index (χ1v) is 9.92. The van der Waals surface area contributed by atoms with Gasteiger partial charge in [-0.3, -0.25) is 4.90 Å². The Morgan fingerprint density at radius 1 is 1.22 bits per heavy atom. The monoisotopic (exact) mass is 389 g/mol. The summed E-state index contributed by atoms with van der Waals surface area (Å²) in [6.07, 6.45) is -1.27. The third-order valence-electron chi connectivity index (χ3n) is 4.78. The van der Waals surface area contributed by atoms with E-state index in [1.165, 1.54) is 12.1 Å². The summed E-state index contributed by atoms with van der Waals surface area (Å²) < 4.78 is 38.7. The summed E-state index contributed by atoms with van der Waals surface area (Å²) in [6, 6.07) is 7.64. The van der Waals surface area contributed by atoms with Crippen LogP contribution in [0.1, 0.15) is 55.0 Å². The topological polar surface area (TPSA) is 3.24 Å². The van der Waals surface area contributed by atoms with E-state index in [0.717, 1.165) is 42.5 Å². The predicted molar refractivity (Wildman–Crippen MR) is 104 cm³/mol. The maximum atomic E-state index is 12.9. The first kappa shape index (κ1) is 19.7. The van der Waals surface area contributed by atoms with Crippen LogP contribution in [0.25, 0.3) is 0 Å². The Balaban J connectivity index is 1.94. The lowest BCUT2D eigenvalue weighted by molar-refractivity contribution is -0.137. The molecule has 3 rings (SSSR count). The fourth-order valence-electron chi connectivity index (χ4n) is 3.50. The van der Waals surface area contributed by atoms with E-state index in [9.17, 15) is 13.2 Å². The second-order valence-corrected chi connectivity index (χ2v) is 7.66. The Morgan fingerprint density at radius 3 is 2.56 bits per heavy atom. The molecule has 0 spiro atoms. The standard InChI is InChI=1S/C22H22F3NS/c1-16(2)6-11-21(18-12-14-27-15-18)26-13-4-3-5-20(26)17-7-9-19(10-8-17)22(23,24)25/h7-10,12,14-15,20-21H,1,3-5,13H2,2H3/t20-,21+/m0/s1. The van der Waals surface area contributed by atoms with Crippen molar-refractivity contribution in [2.24, 2.45) is 0 Å². The number of thiophene rings is 1. The van der Waals surface area contributed by atoms with Gasteiger partial charge in [-0.15, -0.1) is 0 Å². The number of halogens is 3. The molecule has 1 aromatic heterocycles. The lowest BCUT2D eigenvalue weighted by atomic mass is 9.91. The molecule has 1 fully saturated rings. The van der Waals surface area contributed by atoms with Crippen LogP contribution < -0.4 is 0 Å². The molecule has 0 radical (unpaired) electrons. The first-order valence-electron chi connectivity index (χ1n) is 8.98. The molecule has 1 saturated heterocycles. The van der Waals surface area contributed by atoms with Crippen molar-refractivity contribution in [3.8, 4) is 11.8 Å². The van der Waals surface area contributed by atoms with Gasteiger partial charge in [0.25, 0.3) is 0 Å². The summed E-state index contributed by atoms with van der Waals surface area (Å²) >= 11 is 1.63. The van der Waals surface area contributed by atoms with Crippen molar-refractivity contribution in [2.75, 3.05) is 6.54 Å². The summed E-state index contributed by atoms with van der Waals surface area (Å²) in [4.78, 5) is 2.32. The van der Waals surface area contributed by atoms with Gasteiger partial charge >= 0.3 is 6.18 Å². The summed E-state index contributed by atoms with van der Waals surface area (Å²) in [5.74, 6) is 6.43. The number of likely N-dealkylation sites (tertiary alicyclic amines) is 1. The molecule has 0 amide bonds. The zero-order valence-corrected chi connectivity index (χ0v) is 16.0. The highest BCUT2D eigenvalue weighted by molar-refractivity contribution is 7.08. The Morgan fingerprint density at radius 2 is 1.96 bits per heavy atom. The van der Waals surface area contributed by atoms with Crippen LogP contribution >= 0.6 is 11.3 Å². The SMILES string of the molecule is C=C(C)C#C[C@H](c1ccsc1)N1CCCC[C@H]1c1ccc(C(F)(F)F)cc1. The predicted octanol–water partition coefficient (Wildman–Crippen LogP) is 6.61.